The maximum atomic E-state index is 13.3. The van der Waals surface area contributed by atoms with Gasteiger partial charge in [0.2, 0.25) is 0 Å². The van der Waals surface area contributed by atoms with E-state index in [1.54, 1.807) is 0 Å². The monoisotopic (exact) mass is 493 g/mol. The Kier molecular flexibility index (Phi) is 6.28. The maximum absolute atomic E-state index is 13.3. The molecule has 2 N–H and O–H groups in total. The summed E-state index contributed by atoms with van der Waals surface area (Å²) in [5, 5.41) is 13.9. The van der Waals surface area contributed by atoms with Gasteiger partial charge in [-0.15, -0.1) is 0 Å². The van der Waals surface area contributed by atoms with E-state index in [1.807, 2.05) is 30.3 Å². The fraction of sp³-hybridized carbons (Fsp3) is 0.375. The molecule has 6 atom stereocenters. The number of halogens is 3. The van der Waals surface area contributed by atoms with Gasteiger partial charge in [-0.25, -0.2) is 4.79 Å². The molecule has 0 spiro atoms. The number of ether oxygens (including phenoxy) is 4. The van der Waals surface area contributed by atoms with Gasteiger partial charge in [0.15, 0.2) is 12.6 Å². The first kappa shape index (κ1) is 23.8. The summed E-state index contributed by atoms with van der Waals surface area (Å²) in [6.45, 7) is 0.162. The maximum Gasteiger partial charge on any atom is 0.417 e. The molecule has 11 heteroatoms. The molecule has 2 aromatic carbocycles. The van der Waals surface area contributed by atoms with Crippen molar-refractivity contribution in [1.82, 2.24) is 0 Å². The van der Waals surface area contributed by atoms with Crippen LogP contribution in [0.2, 0.25) is 0 Å². The van der Waals surface area contributed by atoms with Gasteiger partial charge in [-0.3, -0.25) is 0 Å². The normalized spacial score (nSPS) is 29.1. The lowest BCUT2D eigenvalue weighted by atomic mass is 9.95. The van der Waals surface area contributed by atoms with Gasteiger partial charge in [-0.1, -0.05) is 30.3 Å². The van der Waals surface area contributed by atoms with Crippen molar-refractivity contribution in [3.05, 3.63) is 76.1 Å². The Hall–Kier alpha value is -2.96. The Morgan fingerprint density at radius 1 is 1.09 bits per heavy atom. The highest BCUT2D eigenvalue weighted by molar-refractivity contribution is 5.84. The van der Waals surface area contributed by atoms with Gasteiger partial charge in [0.25, 0.3) is 0 Å². The summed E-state index contributed by atoms with van der Waals surface area (Å²) in [6.07, 6.45) is -8.84. The van der Waals surface area contributed by atoms with Crippen LogP contribution in [0, 0.1) is 0 Å². The molecule has 0 bridgehead atoms. The van der Waals surface area contributed by atoms with E-state index >= 15 is 0 Å². The Bertz CT molecular complexity index is 1250. The Balaban J connectivity index is 1.41. The number of aliphatic hydroxyl groups is 1. The zero-order chi connectivity index (χ0) is 24.7. The molecule has 2 saturated heterocycles. The Morgan fingerprint density at radius 3 is 2.57 bits per heavy atom. The number of anilines is 1. The van der Waals surface area contributed by atoms with Gasteiger partial charge < -0.3 is 33.8 Å². The Labute approximate surface area is 197 Å². The van der Waals surface area contributed by atoms with Gasteiger partial charge in [-0.05, 0) is 12.1 Å². The number of aliphatic hydroxyl groups excluding tert-OH is 1. The fourth-order valence-corrected chi connectivity index (χ4v) is 4.41. The van der Waals surface area contributed by atoms with Gasteiger partial charge >= 0.3 is 11.8 Å². The van der Waals surface area contributed by atoms with E-state index in [-0.39, 0.29) is 17.6 Å². The third-order valence-corrected chi connectivity index (χ3v) is 6.05. The minimum atomic E-state index is -4.72. The van der Waals surface area contributed by atoms with Gasteiger partial charge in [0.05, 0.1) is 12.2 Å². The van der Waals surface area contributed by atoms with Crippen LogP contribution >= 0.6 is 0 Å². The molecule has 8 nitrogen and oxygen atoms in total. The van der Waals surface area contributed by atoms with Crippen molar-refractivity contribution in [2.24, 2.45) is 0 Å². The standard InChI is InChI=1S/C24H22F3NO7/c1-31-23-19(20(30)21-17(34-23)11-32-22(35-21)12-5-3-2-4-6-12)28-13-7-8-14-15(24(25,26)27)10-18(29)33-16(14)9-13/h2-10,17,19-23,28,30H,11H2,1H3/t17?,19?,20?,21-,22?,23+/m1/s1. The van der Waals surface area contributed by atoms with Crippen molar-refractivity contribution in [1.29, 1.82) is 0 Å². The average molecular weight is 493 g/mol. The predicted octanol–water partition coefficient (Wildman–Crippen LogP) is 3.44. The van der Waals surface area contributed by atoms with Crippen LogP contribution in [0.25, 0.3) is 11.0 Å². The lowest BCUT2D eigenvalue weighted by molar-refractivity contribution is -0.337. The van der Waals surface area contributed by atoms with Crippen LogP contribution < -0.4 is 10.9 Å². The number of methoxy groups -OCH3 is 1. The molecule has 5 rings (SSSR count). The first-order valence-corrected chi connectivity index (χ1v) is 10.8. The predicted molar refractivity (Wildman–Crippen MR) is 117 cm³/mol. The number of alkyl halides is 3. The summed E-state index contributed by atoms with van der Waals surface area (Å²) >= 11 is 0. The number of hydrogen-bond acceptors (Lipinski definition) is 8. The molecule has 2 fully saturated rings. The molecule has 35 heavy (non-hydrogen) atoms. The van der Waals surface area contributed by atoms with Crippen LogP contribution in [0.4, 0.5) is 18.9 Å². The molecule has 0 amide bonds. The van der Waals surface area contributed by atoms with Crippen molar-refractivity contribution < 1.29 is 41.6 Å². The van der Waals surface area contributed by atoms with Gasteiger partial charge in [0.1, 0.15) is 29.9 Å². The van der Waals surface area contributed by atoms with Crippen LogP contribution in [0.3, 0.4) is 0 Å². The fourth-order valence-electron chi connectivity index (χ4n) is 4.41. The third kappa shape index (κ3) is 4.65. The van der Waals surface area contributed by atoms with E-state index in [0.717, 1.165) is 5.56 Å². The highest BCUT2D eigenvalue weighted by Crippen LogP contribution is 2.37. The number of nitrogens with one attached hydrogen (secondary N) is 1. The second-order valence-electron chi connectivity index (χ2n) is 8.30. The van der Waals surface area contributed by atoms with Crippen molar-refractivity contribution in [3.63, 3.8) is 0 Å². The largest absolute Gasteiger partial charge is 0.423 e. The average Bonchev–Trinajstić information content (AvgIpc) is 2.84. The SMILES string of the molecule is CO[C@H]1OC2COC(c3ccccc3)O[C@H]2C(O)C1Nc1ccc2c(C(F)(F)F)cc(=O)oc2c1. The zero-order valence-electron chi connectivity index (χ0n) is 18.4. The molecular weight excluding hydrogens is 471 g/mol. The molecule has 0 aliphatic carbocycles. The zero-order valence-corrected chi connectivity index (χ0v) is 18.4. The van der Waals surface area contributed by atoms with Crippen molar-refractivity contribution in [2.75, 3.05) is 19.0 Å². The lowest BCUT2D eigenvalue weighted by Crippen LogP contribution is -2.64. The molecule has 0 saturated carbocycles. The van der Waals surface area contributed by atoms with Crippen LogP contribution in [0.5, 0.6) is 0 Å². The summed E-state index contributed by atoms with van der Waals surface area (Å²) in [4.78, 5) is 11.7. The smallest absolute Gasteiger partial charge is 0.417 e. The van der Waals surface area contributed by atoms with Crippen LogP contribution in [0.15, 0.2) is 63.8 Å². The van der Waals surface area contributed by atoms with Gasteiger partial charge in [-0.2, -0.15) is 13.2 Å². The third-order valence-electron chi connectivity index (χ3n) is 6.05. The molecule has 2 aliphatic heterocycles. The highest BCUT2D eigenvalue weighted by atomic mass is 19.4. The summed E-state index contributed by atoms with van der Waals surface area (Å²) in [7, 11) is 1.40. The number of benzene rings is 2. The summed E-state index contributed by atoms with van der Waals surface area (Å²) in [5.41, 5.74) is -1.39. The molecule has 3 aromatic rings. The van der Waals surface area contributed by atoms with E-state index < -0.39 is 54.3 Å². The molecule has 2 aliphatic rings. The topological polar surface area (TPSA) is 99.4 Å². The van der Waals surface area contributed by atoms with E-state index in [1.165, 1.54) is 25.3 Å². The molecule has 1 aromatic heterocycles. The van der Waals surface area contributed by atoms with E-state index in [2.05, 4.69) is 5.32 Å². The molecular formula is C24H22F3NO7. The molecule has 186 valence electrons. The van der Waals surface area contributed by atoms with E-state index in [0.29, 0.717) is 11.8 Å². The summed E-state index contributed by atoms with van der Waals surface area (Å²) in [5.74, 6) is 0. The first-order chi connectivity index (χ1) is 16.7. The highest BCUT2D eigenvalue weighted by Gasteiger charge is 2.49. The first-order valence-electron chi connectivity index (χ1n) is 10.8. The number of hydrogen-bond donors (Lipinski definition) is 2. The minimum absolute atomic E-state index is 0.162. The van der Waals surface area contributed by atoms with E-state index in [9.17, 15) is 23.1 Å². The summed E-state index contributed by atoms with van der Waals surface area (Å²) in [6, 6.07) is 12.6. The number of fused-ring (bicyclic) bond motifs is 2. The van der Waals surface area contributed by atoms with Gasteiger partial charge in [0, 0.05) is 35.9 Å². The molecule has 0 radical (unpaired) electrons. The second-order valence-corrected chi connectivity index (χ2v) is 8.30. The van der Waals surface area contributed by atoms with Crippen LogP contribution in [-0.4, -0.2) is 49.5 Å². The summed E-state index contributed by atoms with van der Waals surface area (Å²) < 4.78 is 68.1. The molecule has 4 unspecified atom stereocenters. The van der Waals surface area contributed by atoms with Crippen molar-refractivity contribution in [2.45, 2.75) is 43.1 Å². The van der Waals surface area contributed by atoms with Crippen molar-refractivity contribution >= 4 is 16.7 Å². The quantitative estimate of drug-likeness (QED) is 0.534. The van der Waals surface area contributed by atoms with Crippen LogP contribution in [0.1, 0.15) is 17.4 Å². The van der Waals surface area contributed by atoms with Crippen LogP contribution in [-0.2, 0) is 25.1 Å². The minimum Gasteiger partial charge on any atom is -0.423 e. The lowest BCUT2D eigenvalue weighted by Gasteiger charge is -2.47. The van der Waals surface area contributed by atoms with Crippen molar-refractivity contribution in [3.8, 4) is 0 Å². The van der Waals surface area contributed by atoms with E-state index in [4.69, 9.17) is 23.4 Å². The number of rotatable bonds is 4. The Morgan fingerprint density at radius 2 is 1.86 bits per heavy atom. The second kappa shape index (κ2) is 9.25. The molecule has 3 heterocycles.